The number of carbonyl (C=O) groups excluding carboxylic acids is 1. The maximum Gasteiger partial charge on any atom is 0.229 e. The van der Waals surface area contributed by atoms with E-state index in [2.05, 4.69) is 48.4 Å². The molecule has 2 rings (SSSR count). The standard InChI is InChI=1S/C17H27N3O/c1-4-20(5-2)15-10-8-14(9-11-15)19-17(21)16-7-6-12-18-13(16)3/h8-11,13,16,18H,4-7,12H2,1-3H3,(H,19,21). The van der Waals surface area contributed by atoms with Gasteiger partial charge in [-0.05, 0) is 64.4 Å². The minimum atomic E-state index is 0.0706. The molecule has 0 aromatic heterocycles. The zero-order valence-corrected chi connectivity index (χ0v) is 13.4. The Morgan fingerprint density at radius 3 is 2.52 bits per heavy atom. The molecule has 0 radical (unpaired) electrons. The lowest BCUT2D eigenvalue weighted by molar-refractivity contribution is -0.121. The lowest BCUT2D eigenvalue weighted by Gasteiger charge is -2.29. The van der Waals surface area contributed by atoms with Crippen molar-refractivity contribution in [3.63, 3.8) is 0 Å². The second kappa shape index (κ2) is 7.46. The third-order valence-electron chi connectivity index (χ3n) is 4.36. The van der Waals surface area contributed by atoms with Crippen LogP contribution in [0.1, 0.15) is 33.6 Å². The van der Waals surface area contributed by atoms with Gasteiger partial charge in [-0.3, -0.25) is 4.79 Å². The van der Waals surface area contributed by atoms with Gasteiger partial charge >= 0.3 is 0 Å². The van der Waals surface area contributed by atoms with Crippen molar-refractivity contribution in [3.8, 4) is 0 Å². The molecule has 1 aliphatic heterocycles. The molecule has 0 aliphatic carbocycles. The van der Waals surface area contributed by atoms with Crippen molar-refractivity contribution in [3.05, 3.63) is 24.3 Å². The molecule has 1 fully saturated rings. The lowest BCUT2D eigenvalue weighted by atomic mass is 9.91. The monoisotopic (exact) mass is 289 g/mol. The highest BCUT2D eigenvalue weighted by molar-refractivity contribution is 5.93. The molecule has 21 heavy (non-hydrogen) atoms. The fraction of sp³-hybridized carbons (Fsp3) is 0.588. The number of rotatable bonds is 5. The molecule has 4 nitrogen and oxygen atoms in total. The molecular formula is C17H27N3O. The zero-order chi connectivity index (χ0) is 15.2. The minimum Gasteiger partial charge on any atom is -0.372 e. The van der Waals surface area contributed by atoms with Crippen LogP contribution in [-0.2, 0) is 4.79 Å². The first-order valence-corrected chi connectivity index (χ1v) is 8.05. The Labute approximate surface area is 127 Å². The van der Waals surface area contributed by atoms with E-state index in [0.29, 0.717) is 0 Å². The van der Waals surface area contributed by atoms with Crippen molar-refractivity contribution in [1.82, 2.24) is 5.32 Å². The summed E-state index contributed by atoms with van der Waals surface area (Å²) in [5.74, 6) is 0.200. The van der Waals surface area contributed by atoms with Gasteiger partial charge in [0.2, 0.25) is 5.91 Å². The van der Waals surface area contributed by atoms with E-state index in [-0.39, 0.29) is 17.9 Å². The van der Waals surface area contributed by atoms with Crippen LogP contribution in [0.15, 0.2) is 24.3 Å². The Balaban J connectivity index is 1.98. The van der Waals surface area contributed by atoms with Crippen molar-refractivity contribution >= 4 is 17.3 Å². The summed E-state index contributed by atoms with van der Waals surface area (Å²) in [5, 5.41) is 6.42. The predicted octanol–water partition coefficient (Wildman–Crippen LogP) is 2.86. The summed E-state index contributed by atoms with van der Waals surface area (Å²) in [6.07, 6.45) is 2.04. The number of carbonyl (C=O) groups is 1. The number of nitrogens with zero attached hydrogens (tertiary/aromatic N) is 1. The van der Waals surface area contributed by atoms with Crippen LogP contribution in [0.3, 0.4) is 0 Å². The van der Waals surface area contributed by atoms with Crippen molar-refractivity contribution in [2.45, 2.75) is 39.7 Å². The van der Waals surface area contributed by atoms with E-state index >= 15 is 0 Å². The average Bonchev–Trinajstić information content (AvgIpc) is 2.50. The third-order valence-corrected chi connectivity index (χ3v) is 4.36. The predicted molar refractivity (Wildman–Crippen MR) is 88.8 cm³/mol. The molecule has 116 valence electrons. The second-order valence-electron chi connectivity index (χ2n) is 5.70. The first-order chi connectivity index (χ1) is 10.2. The van der Waals surface area contributed by atoms with Crippen LogP contribution in [-0.4, -0.2) is 31.6 Å². The molecule has 1 aromatic carbocycles. The summed E-state index contributed by atoms with van der Waals surface area (Å²) in [7, 11) is 0. The van der Waals surface area contributed by atoms with Gasteiger partial charge < -0.3 is 15.5 Å². The third kappa shape index (κ3) is 3.97. The van der Waals surface area contributed by atoms with Crippen molar-refractivity contribution in [1.29, 1.82) is 0 Å². The van der Waals surface area contributed by atoms with Crippen LogP contribution in [0.4, 0.5) is 11.4 Å². The Kier molecular flexibility index (Phi) is 5.62. The van der Waals surface area contributed by atoms with Crippen LogP contribution in [0.2, 0.25) is 0 Å². The summed E-state index contributed by atoms with van der Waals surface area (Å²) in [5.41, 5.74) is 2.08. The van der Waals surface area contributed by atoms with Gasteiger partial charge in [0.05, 0.1) is 5.92 Å². The Hall–Kier alpha value is -1.55. The SMILES string of the molecule is CCN(CC)c1ccc(NC(=O)C2CCCNC2C)cc1. The molecule has 2 atom stereocenters. The summed E-state index contributed by atoms with van der Waals surface area (Å²) in [6.45, 7) is 9.39. The van der Waals surface area contributed by atoms with Gasteiger partial charge in [0.25, 0.3) is 0 Å². The van der Waals surface area contributed by atoms with Crippen LogP contribution in [0, 0.1) is 5.92 Å². The van der Waals surface area contributed by atoms with Crippen LogP contribution in [0.25, 0.3) is 0 Å². The summed E-state index contributed by atoms with van der Waals surface area (Å²) in [6, 6.07) is 8.39. The van der Waals surface area contributed by atoms with E-state index in [0.717, 1.165) is 38.2 Å². The van der Waals surface area contributed by atoms with Crippen LogP contribution >= 0.6 is 0 Å². The fourth-order valence-corrected chi connectivity index (χ4v) is 2.98. The topological polar surface area (TPSA) is 44.4 Å². The minimum absolute atomic E-state index is 0.0706. The molecule has 1 amide bonds. The van der Waals surface area contributed by atoms with Gasteiger partial charge in [-0.15, -0.1) is 0 Å². The normalized spacial score (nSPS) is 21.9. The summed E-state index contributed by atoms with van der Waals surface area (Å²) in [4.78, 5) is 14.6. The van der Waals surface area contributed by atoms with E-state index in [9.17, 15) is 4.79 Å². The van der Waals surface area contributed by atoms with Crippen molar-refractivity contribution in [2.75, 3.05) is 29.9 Å². The van der Waals surface area contributed by atoms with Crippen molar-refractivity contribution in [2.24, 2.45) is 5.92 Å². The summed E-state index contributed by atoms with van der Waals surface area (Å²) < 4.78 is 0. The highest BCUT2D eigenvalue weighted by Crippen LogP contribution is 2.21. The van der Waals surface area contributed by atoms with Crippen LogP contribution < -0.4 is 15.5 Å². The largest absolute Gasteiger partial charge is 0.372 e. The van der Waals surface area contributed by atoms with Gasteiger partial charge in [-0.1, -0.05) is 0 Å². The number of benzene rings is 1. The first kappa shape index (κ1) is 15.8. The molecule has 0 saturated carbocycles. The van der Waals surface area contributed by atoms with E-state index in [1.165, 1.54) is 5.69 Å². The fourth-order valence-electron chi connectivity index (χ4n) is 2.98. The Bertz CT molecular complexity index is 454. The highest BCUT2D eigenvalue weighted by atomic mass is 16.1. The molecule has 1 aromatic rings. The first-order valence-electron chi connectivity index (χ1n) is 8.05. The lowest BCUT2D eigenvalue weighted by Crippen LogP contribution is -2.44. The van der Waals surface area contributed by atoms with E-state index in [4.69, 9.17) is 0 Å². The Morgan fingerprint density at radius 1 is 1.29 bits per heavy atom. The molecule has 1 saturated heterocycles. The van der Waals surface area contributed by atoms with Crippen LogP contribution in [0.5, 0.6) is 0 Å². The highest BCUT2D eigenvalue weighted by Gasteiger charge is 2.27. The van der Waals surface area contributed by atoms with Gasteiger partial charge in [0, 0.05) is 30.5 Å². The molecule has 4 heteroatoms. The van der Waals surface area contributed by atoms with E-state index in [1.807, 2.05) is 12.1 Å². The number of hydrogen-bond acceptors (Lipinski definition) is 3. The van der Waals surface area contributed by atoms with Gasteiger partial charge in [0.1, 0.15) is 0 Å². The quantitative estimate of drug-likeness (QED) is 0.876. The van der Waals surface area contributed by atoms with Gasteiger partial charge in [-0.25, -0.2) is 0 Å². The summed E-state index contributed by atoms with van der Waals surface area (Å²) >= 11 is 0. The number of amides is 1. The second-order valence-corrected chi connectivity index (χ2v) is 5.70. The zero-order valence-electron chi connectivity index (χ0n) is 13.4. The van der Waals surface area contributed by atoms with Gasteiger partial charge in [0.15, 0.2) is 0 Å². The number of anilines is 2. The maximum atomic E-state index is 12.3. The molecule has 2 N–H and O–H groups in total. The maximum absolute atomic E-state index is 12.3. The molecule has 0 spiro atoms. The van der Waals surface area contributed by atoms with Gasteiger partial charge in [-0.2, -0.15) is 0 Å². The number of hydrogen-bond donors (Lipinski definition) is 2. The molecular weight excluding hydrogens is 262 g/mol. The molecule has 1 aliphatic rings. The number of nitrogens with one attached hydrogen (secondary N) is 2. The smallest absolute Gasteiger partial charge is 0.229 e. The molecule has 0 bridgehead atoms. The average molecular weight is 289 g/mol. The number of piperidine rings is 1. The molecule has 1 heterocycles. The van der Waals surface area contributed by atoms with E-state index < -0.39 is 0 Å². The van der Waals surface area contributed by atoms with Crippen molar-refractivity contribution < 1.29 is 4.79 Å². The molecule has 2 unspecified atom stereocenters. The Morgan fingerprint density at radius 2 is 1.95 bits per heavy atom. The van der Waals surface area contributed by atoms with E-state index in [1.54, 1.807) is 0 Å².